The Balaban J connectivity index is 1.75. The van der Waals surface area contributed by atoms with Crippen LogP contribution in [0.2, 0.25) is 0 Å². The highest BCUT2D eigenvalue weighted by Gasteiger charge is 2.34. The number of phenols is 1. The number of aromatic nitrogens is 1. The van der Waals surface area contributed by atoms with Crippen LogP contribution >= 0.6 is 0 Å². The van der Waals surface area contributed by atoms with Crippen LogP contribution in [0.3, 0.4) is 0 Å². The van der Waals surface area contributed by atoms with Gasteiger partial charge in [0.1, 0.15) is 17.6 Å². The molecule has 8 heteroatoms. The van der Waals surface area contributed by atoms with Gasteiger partial charge in [-0.15, -0.1) is 0 Å². The second-order valence-electron chi connectivity index (χ2n) is 7.90. The maximum atomic E-state index is 13.2. The van der Waals surface area contributed by atoms with Crippen LogP contribution in [0.4, 0.5) is 4.79 Å². The molecule has 0 aliphatic carbocycles. The van der Waals surface area contributed by atoms with Gasteiger partial charge in [-0.1, -0.05) is 23.8 Å². The van der Waals surface area contributed by atoms with E-state index < -0.39 is 12.0 Å². The number of amides is 2. The Morgan fingerprint density at radius 3 is 2.75 bits per heavy atom. The molecule has 1 unspecified atom stereocenters. The molecule has 1 aliphatic heterocycles. The molecule has 166 valence electrons. The minimum Gasteiger partial charge on any atom is -0.507 e. The standard InChI is InChI=1S/C24H25N3O5/c1-14-4-5-18(15(2)8-14)22-19-10-21(28)20(23(29)31-3)9-16(19)6-7-27(22)24(30)25-11-17-12-32-13-26-17/h4-5,8-10,12-13,22,28H,6-7,11H2,1-3H3,(H,25,30). The second-order valence-corrected chi connectivity index (χ2v) is 7.90. The van der Waals surface area contributed by atoms with E-state index >= 15 is 0 Å². The molecule has 0 spiro atoms. The first-order valence-corrected chi connectivity index (χ1v) is 10.3. The number of ether oxygens (including phenoxy) is 1. The van der Waals surface area contributed by atoms with Crippen LogP contribution in [0.5, 0.6) is 5.75 Å². The number of carbonyl (C=O) groups is 2. The molecule has 0 radical (unpaired) electrons. The van der Waals surface area contributed by atoms with Gasteiger partial charge in [0.2, 0.25) is 0 Å². The number of aryl methyl sites for hydroxylation is 2. The fourth-order valence-corrected chi connectivity index (χ4v) is 4.21. The first kappa shape index (κ1) is 21.4. The van der Waals surface area contributed by atoms with Crippen molar-refractivity contribution in [3.63, 3.8) is 0 Å². The number of aromatic hydroxyl groups is 1. The summed E-state index contributed by atoms with van der Waals surface area (Å²) in [6.07, 6.45) is 3.34. The van der Waals surface area contributed by atoms with Crippen molar-refractivity contribution in [1.29, 1.82) is 0 Å². The van der Waals surface area contributed by atoms with Crippen molar-refractivity contribution in [2.75, 3.05) is 13.7 Å². The molecule has 32 heavy (non-hydrogen) atoms. The Morgan fingerprint density at radius 1 is 1.25 bits per heavy atom. The third-order valence-electron chi connectivity index (χ3n) is 5.78. The van der Waals surface area contributed by atoms with Gasteiger partial charge in [-0.05, 0) is 54.7 Å². The number of hydrogen-bond donors (Lipinski definition) is 2. The summed E-state index contributed by atoms with van der Waals surface area (Å²) in [6, 6.07) is 8.64. The number of methoxy groups -OCH3 is 1. The lowest BCUT2D eigenvalue weighted by Crippen LogP contribution is -2.46. The minimum absolute atomic E-state index is 0.120. The molecule has 2 N–H and O–H groups in total. The predicted octanol–water partition coefficient (Wildman–Crippen LogP) is 3.64. The molecule has 0 fully saturated rings. The molecule has 3 aromatic rings. The van der Waals surface area contributed by atoms with Gasteiger partial charge in [-0.2, -0.15) is 0 Å². The van der Waals surface area contributed by atoms with Gasteiger partial charge in [-0.3, -0.25) is 0 Å². The van der Waals surface area contributed by atoms with Crippen LogP contribution in [0.1, 0.15) is 49.9 Å². The van der Waals surface area contributed by atoms with Gasteiger partial charge >= 0.3 is 12.0 Å². The molecular formula is C24H25N3O5. The minimum atomic E-state index is -0.596. The monoisotopic (exact) mass is 435 g/mol. The van der Waals surface area contributed by atoms with Crippen LogP contribution in [0, 0.1) is 13.8 Å². The zero-order valence-electron chi connectivity index (χ0n) is 18.2. The highest BCUT2D eigenvalue weighted by atomic mass is 16.5. The van der Waals surface area contributed by atoms with Crippen LogP contribution in [0.15, 0.2) is 47.4 Å². The van der Waals surface area contributed by atoms with Crippen LogP contribution in [-0.4, -0.2) is 40.6 Å². The zero-order chi connectivity index (χ0) is 22.8. The van der Waals surface area contributed by atoms with Crippen LogP contribution < -0.4 is 5.32 Å². The van der Waals surface area contributed by atoms with Crippen molar-refractivity contribution in [2.45, 2.75) is 32.9 Å². The number of benzene rings is 2. The van der Waals surface area contributed by atoms with E-state index in [0.717, 1.165) is 27.8 Å². The Labute approximate surface area is 185 Å². The number of fused-ring (bicyclic) bond motifs is 1. The molecule has 0 bridgehead atoms. The maximum absolute atomic E-state index is 13.2. The second kappa shape index (κ2) is 8.74. The molecule has 2 heterocycles. The van der Waals surface area contributed by atoms with Crippen LogP contribution in [0.25, 0.3) is 0 Å². The normalized spacial score (nSPS) is 15.2. The van der Waals surface area contributed by atoms with Gasteiger partial charge in [0, 0.05) is 6.54 Å². The highest BCUT2D eigenvalue weighted by molar-refractivity contribution is 5.93. The third-order valence-corrected chi connectivity index (χ3v) is 5.78. The number of rotatable bonds is 4. The Morgan fingerprint density at radius 2 is 2.06 bits per heavy atom. The topological polar surface area (TPSA) is 105 Å². The van der Waals surface area contributed by atoms with Gasteiger partial charge < -0.3 is 24.5 Å². The third kappa shape index (κ3) is 4.03. The summed E-state index contributed by atoms with van der Waals surface area (Å²) in [5, 5.41) is 13.5. The zero-order valence-corrected chi connectivity index (χ0v) is 18.2. The van der Waals surface area contributed by atoms with Crippen molar-refractivity contribution in [1.82, 2.24) is 15.2 Å². The van der Waals surface area contributed by atoms with E-state index in [1.54, 1.807) is 17.0 Å². The first-order chi connectivity index (χ1) is 15.4. The van der Waals surface area contributed by atoms with Crippen molar-refractivity contribution in [2.24, 2.45) is 0 Å². The summed E-state index contributed by atoms with van der Waals surface area (Å²) < 4.78 is 9.76. The Hall–Kier alpha value is -3.81. The number of urea groups is 1. The summed E-state index contributed by atoms with van der Waals surface area (Å²) in [5.41, 5.74) is 5.53. The van der Waals surface area contributed by atoms with Crippen molar-refractivity contribution in [3.05, 3.63) is 82.1 Å². The number of esters is 1. The molecule has 8 nitrogen and oxygen atoms in total. The lowest BCUT2D eigenvalue weighted by molar-refractivity contribution is 0.0597. The summed E-state index contributed by atoms with van der Waals surface area (Å²) in [7, 11) is 1.28. The van der Waals surface area contributed by atoms with E-state index in [-0.39, 0.29) is 23.9 Å². The van der Waals surface area contributed by atoms with Crippen LogP contribution in [-0.2, 0) is 17.7 Å². The number of oxazole rings is 1. The molecule has 1 aliphatic rings. The number of phenolic OH excluding ortho intramolecular Hbond substituents is 1. The molecule has 1 aromatic heterocycles. The lowest BCUT2D eigenvalue weighted by Gasteiger charge is -2.38. The number of nitrogens with one attached hydrogen (secondary N) is 1. The summed E-state index contributed by atoms with van der Waals surface area (Å²) in [4.78, 5) is 31.0. The maximum Gasteiger partial charge on any atom is 0.341 e. The predicted molar refractivity (Wildman–Crippen MR) is 116 cm³/mol. The van der Waals surface area contributed by atoms with E-state index in [4.69, 9.17) is 9.15 Å². The Bertz CT molecular complexity index is 1160. The smallest absolute Gasteiger partial charge is 0.341 e. The highest BCUT2D eigenvalue weighted by Crippen LogP contribution is 2.39. The van der Waals surface area contributed by atoms with E-state index in [1.165, 1.54) is 19.8 Å². The van der Waals surface area contributed by atoms with Crippen molar-refractivity contribution >= 4 is 12.0 Å². The number of hydrogen-bond acceptors (Lipinski definition) is 6. The number of carbonyl (C=O) groups excluding carboxylic acids is 2. The average molecular weight is 435 g/mol. The first-order valence-electron chi connectivity index (χ1n) is 10.3. The fraction of sp³-hybridized carbons (Fsp3) is 0.292. The van der Waals surface area contributed by atoms with Crippen molar-refractivity contribution < 1.29 is 23.8 Å². The van der Waals surface area contributed by atoms with Gasteiger partial charge in [0.25, 0.3) is 0 Å². The van der Waals surface area contributed by atoms with Gasteiger partial charge in [0.05, 0.1) is 25.4 Å². The molecule has 1 atom stereocenters. The van der Waals surface area contributed by atoms with E-state index in [2.05, 4.69) is 16.4 Å². The van der Waals surface area contributed by atoms with E-state index in [1.807, 2.05) is 26.0 Å². The molecule has 2 amide bonds. The largest absolute Gasteiger partial charge is 0.507 e. The molecule has 2 aromatic carbocycles. The molecule has 4 rings (SSSR count). The SMILES string of the molecule is COC(=O)c1cc2c(cc1O)C(c1ccc(C)cc1C)N(C(=O)NCc1cocn1)CC2. The molecule has 0 saturated heterocycles. The average Bonchev–Trinajstić information content (AvgIpc) is 3.30. The fourth-order valence-electron chi connectivity index (χ4n) is 4.21. The van der Waals surface area contributed by atoms with Gasteiger partial charge in [-0.25, -0.2) is 14.6 Å². The number of nitrogens with zero attached hydrogens (tertiary/aromatic N) is 2. The van der Waals surface area contributed by atoms with Gasteiger partial charge in [0.15, 0.2) is 6.39 Å². The quantitative estimate of drug-likeness (QED) is 0.606. The van der Waals surface area contributed by atoms with E-state index in [9.17, 15) is 14.7 Å². The summed E-state index contributed by atoms with van der Waals surface area (Å²) in [5.74, 6) is -0.767. The Kier molecular flexibility index (Phi) is 5.85. The lowest BCUT2D eigenvalue weighted by atomic mass is 9.85. The summed E-state index contributed by atoms with van der Waals surface area (Å²) >= 11 is 0. The van der Waals surface area contributed by atoms with E-state index in [0.29, 0.717) is 18.7 Å². The molecule has 0 saturated carbocycles. The molecular weight excluding hydrogens is 410 g/mol. The van der Waals surface area contributed by atoms with Crippen molar-refractivity contribution in [3.8, 4) is 5.75 Å². The summed E-state index contributed by atoms with van der Waals surface area (Å²) in [6.45, 7) is 4.71.